The third kappa shape index (κ3) is 2.72. The lowest BCUT2D eigenvalue weighted by atomic mass is 10.1. The standard InChI is InChI=1S/C15H17N3OS/c1-2-3-14(19)16-12-6-4-11(5-7-12)13-10-18-8-9-20-15(18)17-13/h4-7,10H,2-3,8-9H2,1H3,(H,16,19). The van der Waals surface area contributed by atoms with Crippen LogP contribution in [0.25, 0.3) is 11.3 Å². The Bertz CT molecular complexity index is 597. The summed E-state index contributed by atoms with van der Waals surface area (Å²) >= 11 is 1.80. The van der Waals surface area contributed by atoms with Crippen molar-refractivity contribution in [2.24, 2.45) is 0 Å². The van der Waals surface area contributed by atoms with E-state index in [-0.39, 0.29) is 5.91 Å². The third-order valence-electron chi connectivity index (χ3n) is 3.24. The predicted molar refractivity (Wildman–Crippen MR) is 81.9 cm³/mol. The quantitative estimate of drug-likeness (QED) is 0.937. The molecule has 0 saturated carbocycles. The number of carbonyl (C=O) groups is 1. The second kappa shape index (κ2) is 5.71. The molecule has 0 atom stereocenters. The maximum atomic E-state index is 11.5. The third-order valence-corrected chi connectivity index (χ3v) is 4.22. The van der Waals surface area contributed by atoms with Crippen molar-refractivity contribution in [2.45, 2.75) is 31.5 Å². The first-order valence-electron chi connectivity index (χ1n) is 6.86. The van der Waals surface area contributed by atoms with Crippen LogP contribution in [0, 0.1) is 0 Å². The number of benzene rings is 1. The number of fused-ring (bicyclic) bond motifs is 1. The fourth-order valence-electron chi connectivity index (χ4n) is 2.22. The van der Waals surface area contributed by atoms with Crippen molar-refractivity contribution in [1.29, 1.82) is 0 Å². The smallest absolute Gasteiger partial charge is 0.224 e. The number of carbonyl (C=O) groups excluding carboxylic acids is 1. The van der Waals surface area contributed by atoms with Gasteiger partial charge in [0.05, 0.1) is 5.69 Å². The lowest BCUT2D eigenvalue weighted by Crippen LogP contribution is -2.10. The van der Waals surface area contributed by atoms with Crippen molar-refractivity contribution in [2.75, 3.05) is 11.1 Å². The molecule has 0 aliphatic carbocycles. The van der Waals surface area contributed by atoms with Crippen LogP contribution in [-0.2, 0) is 11.3 Å². The molecule has 1 aliphatic heterocycles. The summed E-state index contributed by atoms with van der Waals surface area (Å²) in [5.41, 5.74) is 2.92. The van der Waals surface area contributed by atoms with Crippen LogP contribution in [0.15, 0.2) is 35.6 Å². The van der Waals surface area contributed by atoms with Crippen LogP contribution < -0.4 is 5.32 Å². The number of amides is 1. The maximum Gasteiger partial charge on any atom is 0.224 e. The van der Waals surface area contributed by atoms with Gasteiger partial charge in [0.1, 0.15) is 0 Å². The summed E-state index contributed by atoms with van der Waals surface area (Å²) in [5, 5.41) is 3.99. The number of rotatable bonds is 4. The van der Waals surface area contributed by atoms with Gasteiger partial charge in [0.15, 0.2) is 5.16 Å². The molecule has 0 spiro atoms. The fraction of sp³-hybridized carbons (Fsp3) is 0.333. The lowest BCUT2D eigenvalue weighted by Gasteiger charge is -2.05. The Kier molecular flexibility index (Phi) is 3.78. The Morgan fingerprint density at radius 1 is 1.40 bits per heavy atom. The van der Waals surface area contributed by atoms with Gasteiger partial charge < -0.3 is 9.88 Å². The molecule has 1 aliphatic rings. The van der Waals surface area contributed by atoms with Gasteiger partial charge in [-0.3, -0.25) is 4.79 Å². The van der Waals surface area contributed by atoms with E-state index in [1.165, 1.54) is 0 Å². The number of anilines is 1. The van der Waals surface area contributed by atoms with Crippen LogP contribution >= 0.6 is 11.8 Å². The van der Waals surface area contributed by atoms with Gasteiger partial charge in [0, 0.05) is 36.2 Å². The van der Waals surface area contributed by atoms with Crippen molar-refractivity contribution in [3.8, 4) is 11.3 Å². The summed E-state index contributed by atoms with van der Waals surface area (Å²) in [4.78, 5) is 16.2. The van der Waals surface area contributed by atoms with Crippen molar-refractivity contribution < 1.29 is 4.79 Å². The summed E-state index contributed by atoms with van der Waals surface area (Å²) in [6, 6.07) is 7.87. The molecule has 0 bridgehead atoms. The van der Waals surface area contributed by atoms with Crippen molar-refractivity contribution >= 4 is 23.4 Å². The van der Waals surface area contributed by atoms with Gasteiger partial charge in [-0.15, -0.1) is 0 Å². The number of nitrogens with zero attached hydrogens (tertiary/aromatic N) is 2. The summed E-state index contributed by atoms with van der Waals surface area (Å²) in [5.74, 6) is 1.18. The minimum atomic E-state index is 0.0672. The number of aryl methyl sites for hydroxylation is 1. The number of imidazole rings is 1. The predicted octanol–water partition coefficient (Wildman–Crippen LogP) is 3.39. The van der Waals surface area contributed by atoms with Crippen LogP contribution in [0.1, 0.15) is 19.8 Å². The molecule has 5 heteroatoms. The van der Waals surface area contributed by atoms with Gasteiger partial charge in [-0.05, 0) is 18.6 Å². The molecule has 1 amide bonds. The maximum absolute atomic E-state index is 11.5. The molecule has 2 aromatic rings. The second-order valence-electron chi connectivity index (χ2n) is 4.83. The highest BCUT2D eigenvalue weighted by Crippen LogP contribution is 2.29. The Morgan fingerprint density at radius 2 is 2.20 bits per heavy atom. The zero-order valence-electron chi connectivity index (χ0n) is 11.4. The van der Waals surface area contributed by atoms with E-state index in [1.54, 1.807) is 11.8 Å². The van der Waals surface area contributed by atoms with E-state index < -0.39 is 0 Å². The van der Waals surface area contributed by atoms with Crippen LogP contribution in [0.3, 0.4) is 0 Å². The highest BCUT2D eigenvalue weighted by molar-refractivity contribution is 7.99. The molecule has 0 saturated heterocycles. The highest BCUT2D eigenvalue weighted by Gasteiger charge is 2.15. The minimum absolute atomic E-state index is 0.0672. The highest BCUT2D eigenvalue weighted by atomic mass is 32.2. The molecule has 1 N–H and O–H groups in total. The minimum Gasteiger partial charge on any atom is -0.326 e. The van der Waals surface area contributed by atoms with Gasteiger partial charge in [-0.1, -0.05) is 30.8 Å². The lowest BCUT2D eigenvalue weighted by molar-refractivity contribution is -0.116. The average Bonchev–Trinajstić information content (AvgIpc) is 3.00. The first kappa shape index (κ1) is 13.2. The van der Waals surface area contributed by atoms with Gasteiger partial charge >= 0.3 is 0 Å². The number of hydrogen-bond acceptors (Lipinski definition) is 3. The summed E-state index contributed by atoms with van der Waals surface area (Å²) in [6.07, 6.45) is 3.52. The Labute approximate surface area is 122 Å². The first-order chi connectivity index (χ1) is 9.76. The van der Waals surface area contributed by atoms with Crippen molar-refractivity contribution in [3.63, 3.8) is 0 Å². The van der Waals surface area contributed by atoms with E-state index in [0.717, 1.165) is 40.8 Å². The van der Waals surface area contributed by atoms with Crippen LogP contribution in [0.5, 0.6) is 0 Å². The Morgan fingerprint density at radius 3 is 2.90 bits per heavy atom. The Balaban J connectivity index is 1.73. The van der Waals surface area contributed by atoms with Gasteiger partial charge in [-0.25, -0.2) is 4.98 Å². The molecule has 104 valence electrons. The largest absolute Gasteiger partial charge is 0.326 e. The average molecular weight is 287 g/mol. The summed E-state index contributed by atoms with van der Waals surface area (Å²) in [7, 11) is 0. The molecule has 0 radical (unpaired) electrons. The SMILES string of the molecule is CCCC(=O)Nc1ccc(-c2cn3c(n2)SCC3)cc1. The monoisotopic (exact) mass is 287 g/mol. The molecule has 1 aromatic carbocycles. The van der Waals surface area contributed by atoms with E-state index >= 15 is 0 Å². The van der Waals surface area contributed by atoms with E-state index in [1.807, 2.05) is 31.2 Å². The molecule has 1 aromatic heterocycles. The van der Waals surface area contributed by atoms with Crippen LogP contribution in [0.2, 0.25) is 0 Å². The Hall–Kier alpha value is -1.75. The van der Waals surface area contributed by atoms with E-state index in [9.17, 15) is 4.79 Å². The van der Waals surface area contributed by atoms with E-state index in [0.29, 0.717) is 6.42 Å². The molecule has 4 nitrogen and oxygen atoms in total. The molecular weight excluding hydrogens is 270 g/mol. The van der Waals surface area contributed by atoms with Gasteiger partial charge in [0.2, 0.25) is 5.91 Å². The normalized spacial score (nSPS) is 13.2. The van der Waals surface area contributed by atoms with E-state index in [4.69, 9.17) is 0 Å². The topological polar surface area (TPSA) is 46.9 Å². The number of aromatic nitrogens is 2. The molecule has 0 fully saturated rings. The van der Waals surface area contributed by atoms with Crippen molar-refractivity contribution in [1.82, 2.24) is 9.55 Å². The molecule has 3 rings (SSSR count). The van der Waals surface area contributed by atoms with Crippen LogP contribution in [0.4, 0.5) is 5.69 Å². The number of hydrogen-bond donors (Lipinski definition) is 1. The zero-order chi connectivity index (χ0) is 13.9. The fourth-order valence-corrected chi connectivity index (χ4v) is 3.17. The molecule has 0 unspecified atom stereocenters. The summed E-state index contributed by atoms with van der Waals surface area (Å²) < 4.78 is 2.19. The van der Waals surface area contributed by atoms with Gasteiger partial charge in [0.25, 0.3) is 0 Å². The zero-order valence-corrected chi connectivity index (χ0v) is 12.2. The molecule has 2 heterocycles. The number of nitrogens with one attached hydrogen (secondary N) is 1. The molecular formula is C15H17N3OS. The van der Waals surface area contributed by atoms with Gasteiger partial charge in [-0.2, -0.15) is 0 Å². The van der Waals surface area contributed by atoms with Crippen LogP contribution in [-0.4, -0.2) is 21.2 Å². The molecule has 20 heavy (non-hydrogen) atoms. The summed E-state index contributed by atoms with van der Waals surface area (Å²) in [6.45, 7) is 3.04. The van der Waals surface area contributed by atoms with E-state index in [2.05, 4.69) is 21.1 Å². The number of thioether (sulfide) groups is 1. The second-order valence-corrected chi connectivity index (χ2v) is 5.89. The van der Waals surface area contributed by atoms with Crippen molar-refractivity contribution in [3.05, 3.63) is 30.5 Å². The first-order valence-corrected chi connectivity index (χ1v) is 7.85.